The number of epoxide rings is 1. The normalized spacial score (nSPS) is 31.0. The lowest BCUT2D eigenvalue weighted by Gasteiger charge is -1.96. The maximum atomic E-state index is 8.77. The zero-order valence-electron chi connectivity index (χ0n) is 7.12. The molecule has 2 nitrogen and oxygen atoms in total. The smallest absolute Gasteiger partial charge is 0.182 e. The predicted molar refractivity (Wildman–Crippen MR) is 52.0 cm³/mol. The SMILES string of the molecule is CC1(C#N)OC1c1ccc(Br)cc1. The van der Waals surface area contributed by atoms with E-state index in [-0.39, 0.29) is 6.10 Å². The largest absolute Gasteiger partial charge is 0.345 e. The van der Waals surface area contributed by atoms with Gasteiger partial charge in [0.05, 0.1) is 0 Å². The molecule has 2 rings (SSSR count). The predicted octanol–water partition coefficient (Wildman–Crippen LogP) is 2.80. The molecule has 0 aromatic heterocycles. The first kappa shape index (κ1) is 8.74. The molecule has 1 saturated heterocycles. The van der Waals surface area contributed by atoms with Crippen molar-refractivity contribution in [3.8, 4) is 6.07 Å². The number of hydrogen-bond acceptors (Lipinski definition) is 2. The minimum Gasteiger partial charge on any atom is -0.345 e. The fraction of sp³-hybridized carbons (Fsp3) is 0.300. The molecule has 1 fully saturated rings. The quantitative estimate of drug-likeness (QED) is 0.705. The highest BCUT2D eigenvalue weighted by atomic mass is 79.9. The van der Waals surface area contributed by atoms with Crippen molar-refractivity contribution in [1.29, 1.82) is 5.26 Å². The minimum absolute atomic E-state index is 0.0504. The third-order valence-electron chi connectivity index (χ3n) is 2.20. The minimum atomic E-state index is -0.603. The van der Waals surface area contributed by atoms with Gasteiger partial charge in [-0.25, -0.2) is 0 Å². The van der Waals surface area contributed by atoms with Gasteiger partial charge in [0.15, 0.2) is 5.60 Å². The Morgan fingerprint density at radius 3 is 2.54 bits per heavy atom. The van der Waals surface area contributed by atoms with Crippen molar-refractivity contribution in [2.24, 2.45) is 0 Å². The molecule has 1 aromatic carbocycles. The summed E-state index contributed by atoms with van der Waals surface area (Å²) in [5, 5.41) is 8.77. The highest BCUT2D eigenvalue weighted by molar-refractivity contribution is 9.10. The Hall–Kier alpha value is -0.850. The molecule has 0 bridgehead atoms. The number of rotatable bonds is 1. The van der Waals surface area contributed by atoms with Crippen LogP contribution in [0.3, 0.4) is 0 Å². The summed E-state index contributed by atoms with van der Waals surface area (Å²) in [5.74, 6) is 0. The van der Waals surface area contributed by atoms with Crippen LogP contribution in [0.25, 0.3) is 0 Å². The number of nitriles is 1. The Labute approximate surface area is 85.3 Å². The molecular formula is C10H8BrNO. The maximum Gasteiger partial charge on any atom is 0.182 e. The molecule has 66 valence electrons. The lowest BCUT2D eigenvalue weighted by molar-refractivity contribution is 0.349. The van der Waals surface area contributed by atoms with Gasteiger partial charge in [-0.05, 0) is 24.6 Å². The van der Waals surface area contributed by atoms with Crippen molar-refractivity contribution in [2.45, 2.75) is 18.6 Å². The number of nitrogens with zero attached hydrogens (tertiary/aromatic N) is 1. The molecule has 3 heteroatoms. The van der Waals surface area contributed by atoms with Crippen molar-refractivity contribution in [1.82, 2.24) is 0 Å². The van der Waals surface area contributed by atoms with Gasteiger partial charge in [-0.1, -0.05) is 28.1 Å². The number of hydrogen-bond donors (Lipinski definition) is 0. The second kappa shape index (κ2) is 2.83. The van der Waals surface area contributed by atoms with Gasteiger partial charge in [-0.3, -0.25) is 0 Å². The first-order chi connectivity index (χ1) is 6.15. The summed E-state index contributed by atoms with van der Waals surface area (Å²) in [4.78, 5) is 0. The number of benzene rings is 1. The Bertz CT molecular complexity index is 368. The molecule has 1 aliphatic rings. The van der Waals surface area contributed by atoms with E-state index in [2.05, 4.69) is 22.0 Å². The topological polar surface area (TPSA) is 36.3 Å². The third-order valence-corrected chi connectivity index (χ3v) is 2.73. The molecule has 2 unspecified atom stereocenters. The van der Waals surface area contributed by atoms with Crippen LogP contribution in [0, 0.1) is 11.3 Å². The fourth-order valence-electron chi connectivity index (χ4n) is 1.32. The van der Waals surface area contributed by atoms with Gasteiger partial charge in [0, 0.05) is 4.47 Å². The summed E-state index contributed by atoms with van der Waals surface area (Å²) in [7, 11) is 0. The second-order valence-corrected chi connectivity index (χ2v) is 4.18. The van der Waals surface area contributed by atoms with Crippen LogP contribution in [0.4, 0.5) is 0 Å². The van der Waals surface area contributed by atoms with Gasteiger partial charge in [0.1, 0.15) is 12.2 Å². The van der Waals surface area contributed by atoms with Crippen LogP contribution < -0.4 is 0 Å². The van der Waals surface area contributed by atoms with E-state index in [1.165, 1.54) is 0 Å². The average Bonchev–Trinajstić information content (AvgIpc) is 2.81. The van der Waals surface area contributed by atoms with E-state index in [1.807, 2.05) is 24.3 Å². The Balaban J connectivity index is 2.22. The number of ether oxygens (including phenoxy) is 1. The van der Waals surface area contributed by atoms with Crippen molar-refractivity contribution in [3.63, 3.8) is 0 Å². The summed E-state index contributed by atoms with van der Waals surface area (Å²) in [6.07, 6.45) is -0.0504. The maximum absolute atomic E-state index is 8.77. The van der Waals surface area contributed by atoms with E-state index in [9.17, 15) is 0 Å². The van der Waals surface area contributed by atoms with Crippen LogP contribution in [-0.2, 0) is 4.74 Å². The molecule has 0 spiro atoms. The van der Waals surface area contributed by atoms with Crippen LogP contribution in [0.2, 0.25) is 0 Å². The summed E-state index contributed by atoms with van der Waals surface area (Å²) < 4.78 is 6.34. The van der Waals surface area contributed by atoms with E-state index >= 15 is 0 Å². The van der Waals surface area contributed by atoms with Gasteiger partial charge in [0.2, 0.25) is 0 Å². The van der Waals surface area contributed by atoms with Crippen LogP contribution in [0.5, 0.6) is 0 Å². The molecule has 1 aliphatic heterocycles. The number of halogens is 1. The van der Waals surface area contributed by atoms with Crippen molar-refractivity contribution in [2.75, 3.05) is 0 Å². The summed E-state index contributed by atoms with van der Waals surface area (Å²) in [5.41, 5.74) is 0.459. The van der Waals surface area contributed by atoms with Crippen LogP contribution in [-0.4, -0.2) is 5.60 Å². The fourth-order valence-corrected chi connectivity index (χ4v) is 1.58. The third kappa shape index (κ3) is 1.48. The van der Waals surface area contributed by atoms with Crippen molar-refractivity contribution < 1.29 is 4.74 Å². The van der Waals surface area contributed by atoms with Crippen LogP contribution in [0.1, 0.15) is 18.6 Å². The van der Waals surface area contributed by atoms with Crippen molar-refractivity contribution >= 4 is 15.9 Å². The lowest BCUT2D eigenvalue weighted by Crippen LogP contribution is -2.00. The van der Waals surface area contributed by atoms with Crippen LogP contribution in [0.15, 0.2) is 28.7 Å². The van der Waals surface area contributed by atoms with E-state index in [0.29, 0.717) is 0 Å². The summed E-state index contributed by atoms with van der Waals surface area (Å²) in [6.45, 7) is 1.81. The van der Waals surface area contributed by atoms with Gasteiger partial charge >= 0.3 is 0 Å². The Kier molecular flexibility index (Phi) is 1.90. The van der Waals surface area contributed by atoms with E-state index in [0.717, 1.165) is 10.0 Å². The Morgan fingerprint density at radius 2 is 2.08 bits per heavy atom. The molecule has 0 radical (unpaired) electrons. The molecule has 0 saturated carbocycles. The van der Waals surface area contributed by atoms with Crippen molar-refractivity contribution in [3.05, 3.63) is 34.3 Å². The first-order valence-electron chi connectivity index (χ1n) is 4.00. The highest BCUT2D eigenvalue weighted by Crippen LogP contribution is 2.48. The van der Waals surface area contributed by atoms with Gasteiger partial charge in [0.25, 0.3) is 0 Å². The first-order valence-corrected chi connectivity index (χ1v) is 4.79. The van der Waals surface area contributed by atoms with E-state index in [4.69, 9.17) is 10.00 Å². The van der Waals surface area contributed by atoms with Gasteiger partial charge in [-0.2, -0.15) is 5.26 Å². The molecular weight excluding hydrogens is 230 g/mol. The molecule has 0 amide bonds. The molecule has 0 N–H and O–H groups in total. The lowest BCUT2D eigenvalue weighted by atomic mass is 10.0. The molecule has 1 aromatic rings. The van der Waals surface area contributed by atoms with Crippen LogP contribution >= 0.6 is 15.9 Å². The van der Waals surface area contributed by atoms with E-state index < -0.39 is 5.60 Å². The van der Waals surface area contributed by atoms with E-state index in [1.54, 1.807) is 6.92 Å². The zero-order chi connectivity index (χ0) is 9.47. The summed E-state index contributed by atoms with van der Waals surface area (Å²) in [6, 6.07) is 9.99. The Morgan fingerprint density at radius 1 is 1.46 bits per heavy atom. The second-order valence-electron chi connectivity index (χ2n) is 3.27. The van der Waals surface area contributed by atoms with Gasteiger partial charge in [-0.15, -0.1) is 0 Å². The summed E-state index contributed by atoms with van der Waals surface area (Å²) >= 11 is 3.35. The standard InChI is InChI=1S/C10H8BrNO/c1-10(6-12)9(13-10)7-2-4-8(11)5-3-7/h2-5,9H,1H3. The molecule has 1 heterocycles. The zero-order valence-corrected chi connectivity index (χ0v) is 8.71. The highest BCUT2D eigenvalue weighted by Gasteiger charge is 2.53. The average molecular weight is 238 g/mol. The molecule has 2 atom stereocenters. The molecule has 13 heavy (non-hydrogen) atoms. The van der Waals surface area contributed by atoms with Gasteiger partial charge < -0.3 is 4.74 Å². The monoisotopic (exact) mass is 237 g/mol. The molecule has 0 aliphatic carbocycles.